The molecule has 10 heteroatoms. The smallest absolute Gasteiger partial charge is 0.408 e. The van der Waals surface area contributed by atoms with Crippen molar-refractivity contribution in [3.05, 3.63) is 12.1 Å². The van der Waals surface area contributed by atoms with Gasteiger partial charge in [-0.15, -0.1) is 4.73 Å². The number of ether oxygens (including phenoxy) is 2. The van der Waals surface area contributed by atoms with Gasteiger partial charge in [-0.3, -0.25) is 0 Å². The Morgan fingerprint density at radius 2 is 1.50 bits per heavy atom. The first-order chi connectivity index (χ1) is 12.7. The molecule has 10 nitrogen and oxygen atoms in total. The number of nitrogens with zero attached hydrogens (tertiary/aromatic N) is 1. The Bertz CT molecular complexity index is 693. The van der Waals surface area contributed by atoms with Gasteiger partial charge < -0.3 is 29.8 Å². The number of nitrogens with one attached hydrogen (secondary N) is 1. The maximum atomic E-state index is 12.4. The molecule has 28 heavy (non-hydrogen) atoms. The van der Waals surface area contributed by atoms with Crippen molar-refractivity contribution in [1.29, 1.82) is 0 Å². The van der Waals surface area contributed by atoms with E-state index in [0.717, 1.165) is 12.1 Å². The van der Waals surface area contributed by atoms with Crippen molar-refractivity contribution >= 4 is 18.0 Å². The summed E-state index contributed by atoms with van der Waals surface area (Å²) in [4.78, 5) is 41.2. The highest BCUT2D eigenvalue weighted by molar-refractivity contribution is 5.82. The van der Waals surface area contributed by atoms with Crippen LogP contribution in [0.3, 0.4) is 0 Å². The highest BCUT2D eigenvalue weighted by atomic mass is 16.7. The fourth-order valence-corrected chi connectivity index (χ4v) is 1.98. The Balaban J connectivity index is 2.77. The van der Waals surface area contributed by atoms with Crippen molar-refractivity contribution in [2.24, 2.45) is 0 Å². The normalized spacial score (nSPS) is 12.8. The summed E-state index contributed by atoms with van der Waals surface area (Å²) < 4.78 is 10.9. The average molecular weight is 400 g/mol. The molecule has 0 bridgehead atoms. The van der Waals surface area contributed by atoms with E-state index in [0.29, 0.717) is 4.73 Å². The Hall–Kier alpha value is -2.91. The number of hydrogen-bond donors (Lipinski definition) is 3. The van der Waals surface area contributed by atoms with Gasteiger partial charge in [-0.2, -0.15) is 0 Å². The molecule has 0 spiro atoms. The molecule has 1 heterocycles. The van der Waals surface area contributed by atoms with Gasteiger partial charge in [-0.1, -0.05) is 0 Å². The lowest BCUT2D eigenvalue weighted by Crippen LogP contribution is -2.46. The van der Waals surface area contributed by atoms with Gasteiger partial charge in [0.2, 0.25) is 11.8 Å². The fraction of sp³-hybridized carbons (Fsp3) is 0.611. The van der Waals surface area contributed by atoms with Crippen LogP contribution < -0.4 is 10.2 Å². The summed E-state index contributed by atoms with van der Waals surface area (Å²) in [5.41, 5.74) is -1.57. The number of alkyl carbamates (subject to hydrolysis) is 1. The molecule has 0 saturated heterocycles. The van der Waals surface area contributed by atoms with Crippen LogP contribution in [-0.4, -0.2) is 50.2 Å². The summed E-state index contributed by atoms with van der Waals surface area (Å²) in [6, 6.07) is 1.11. The van der Waals surface area contributed by atoms with Crippen LogP contribution in [0, 0.1) is 0 Å². The summed E-state index contributed by atoms with van der Waals surface area (Å²) in [6.45, 7) is 10.0. The van der Waals surface area contributed by atoms with Crippen molar-refractivity contribution in [3.8, 4) is 11.8 Å². The van der Waals surface area contributed by atoms with Crippen LogP contribution in [0.1, 0.15) is 54.4 Å². The molecule has 0 aromatic carbocycles. The first kappa shape index (κ1) is 23.1. The minimum Gasteiger partial charge on any atom is -0.492 e. The van der Waals surface area contributed by atoms with Crippen LogP contribution in [0.2, 0.25) is 0 Å². The SMILES string of the molecule is CC(C)(C)OC(=O)NC(CCC(=O)On1c(O)ccc1O)C(=O)OC(C)(C)C. The van der Waals surface area contributed by atoms with Crippen LogP contribution in [0.25, 0.3) is 0 Å². The van der Waals surface area contributed by atoms with Crippen LogP contribution in [0.5, 0.6) is 11.8 Å². The quantitative estimate of drug-likeness (QED) is 0.616. The van der Waals surface area contributed by atoms with Gasteiger partial charge in [0.05, 0.1) is 6.42 Å². The number of carbonyl (C=O) groups is 3. The van der Waals surface area contributed by atoms with E-state index in [9.17, 15) is 24.6 Å². The molecule has 1 aromatic rings. The fourth-order valence-electron chi connectivity index (χ4n) is 1.98. The van der Waals surface area contributed by atoms with Gasteiger partial charge in [0, 0.05) is 12.1 Å². The van der Waals surface area contributed by atoms with Gasteiger partial charge >= 0.3 is 18.0 Å². The van der Waals surface area contributed by atoms with Crippen molar-refractivity contribution < 1.29 is 38.9 Å². The molecule has 1 atom stereocenters. The van der Waals surface area contributed by atoms with Crippen LogP contribution >= 0.6 is 0 Å². The van der Waals surface area contributed by atoms with Gasteiger partial charge in [0.1, 0.15) is 17.2 Å². The summed E-state index contributed by atoms with van der Waals surface area (Å²) in [5, 5.41) is 21.3. The number of rotatable bonds is 6. The van der Waals surface area contributed by atoms with E-state index >= 15 is 0 Å². The second kappa shape index (κ2) is 8.85. The van der Waals surface area contributed by atoms with E-state index < -0.39 is 47.0 Å². The largest absolute Gasteiger partial charge is 0.492 e. The highest BCUT2D eigenvalue weighted by Crippen LogP contribution is 2.19. The Morgan fingerprint density at radius 3 is 1.96 bits per heavy atom. The molecule has 0 fully saturated rings. The van der Waals surface area contributed by atoms with Crippen molar-refractivity contribution in [2.75, 3.05) is 0 Å². The van der Waals surface area contributed by atoms with Crippen LogP contribution in [-0.2, 0) is 19.1 Å². The predicted octanol–water partition coefficient (Wildman–Crippen LogP) is 1.87. The van der Waals surface area contributed by atoms with E-state index in [2.05, 4.69) is 5.32 Å². The molecule has 0 aliphatic carbocycles. The Labute approximate surface area is 163 Å². The number of aromatic nitrogens is 1. The number of hydrogen-bond acceptors (Lipinski definition) is 8. The molecule has 0 radical (unpaired) electrons. The van der Waals surface area contributed by atoms with E-state index in [1.165, 1.54) is 0 Å². The summed E-state index contributed by atoms with van der Waals surface area (Å²) >= 11 is 0. The molecular formula is C18H28N2O8. The standard InChI is InChI=1S/C18H28N2O8/c1-17(2,3)26-15(24)11(19-16(25)27-18(4,5)6)7-10-14(23)28-20-12(21)8-9-13(20)22/h8-9,11,21-22H,7,10H2,1-6H3,(H,19,25). The lowest BCUT2D eigenvalue weighted by Gasteiger charge is -2.26. The molecular weight excluding hydrogens is 372 g/mol. The van der Waals surface area contributed by atoms with Crippen molar-refractivity contribution in [2.45, 2.75) is 71.6 Å². The minimum absolute atomic E-state index is 0.143. The third-order valence-corrected chi connectivity index (χ3v) is 3.01. The first-order valence-electron chi connectivity index (χ1n) is 8.71. The van der Waals surface area contributed by atoms with E-state index in [1.807, 2.05) is 0 Å². The van der Waals surface area contributed by atoms with Gasteiger partial charge in [0.15, 0.2) is 0 Å². The molecule has 1 amide bonds. The average Bonchev–Trinajstić information content (AvgIpc) is 2.79. The molecule has 1 unspecified atom stereocenters. The van der Waals surface area contributed by atoms with E-state index in [1.54, 1.807) is 41.5 Å². The van der Waals surface area contributed by atoms with Gasteiger partial charge in [-0.25, -0.2) is 14.4 Å². The van der Waals surface area contributed by atoms with E-state index in [4.69, 9.17) is 14.3 Å². The molecule has 158 valence electrons. The second-order valence-corrected chi connectivity index (χ2v) is 8.08. The maximum absolute atomic E-state index is 12.4. The van der Waals surface area contributed by atoms with Crippen LogP contribution in [0.4, 0.5) is 4.79 Å². The van der Waals surface area contributed by atoms with Crippen molar-refractivity contribution in [3.63, 3.8) is 0 Å². The highest BCUT2D eigenvalue weighted by Gasteiger charge is 2.29. The molecule has 0 saturated carbocycles. The topological polar surface area (TPSA) is 136 Å². The zero-order valence-electron chi connectivity index (χ0n) is 16.9. The summed E-state index contributed by atoms with van der Waals surface area (Å²) in [7, 11) is 0. The molecule has 0 aliphatic rings. The summed E-state index contributed by atoms with van der Waals surface area (Å²) in [5.74, 6) is -2.53. The summed E-state index contributed by atoms with van der Waals surface area (Å²) in [6.07, 6.45) is -1.29. The third-order valence-electron chi connectivity index (χ3n) is 3.01. The Morgan fingerprint density at radius 1 is 1.00 bits per heavy atom. The molecule has 3 N–H and O–H groups in total. The lowest BCUT2D eigenvalue weighted by atomic mass is 10.1. The maximum Gasteiger partial charge on any atom is 0.408 e. The van der Waals surface area contributed by atoms with Crippen molar-refractivity contribution in [1.82, 2.24) is 10.0 Å². The molecule has 1 aromatic heterocycles. The number of amides is 1. The number of aromatic hydroxyl groups is 2. The predicted molar refractivity (Wildman–Crippen MR) is 97.6 cm³/mol. The molecule has 1 rings (SSSR count). The second-order valence-electron chi connectivity index (χ2n) is 8.08. The Kier molecular flexibility index (Phi) is 7.31. The lowest BCUT2D eigenvalue weighted by molar-refractivity contribution is -0.158. The number of carbonyl (C=O) groups excluding carboxylic acids is 3. The monoisotopic (exact) mass is 400 g/mol. The first-order valence-corrected chi connectivity index (χ1v) is 8.71. The van der Waals surface area contributed by atoms with Gasteiger partial charge in [0.25, 0.3) is 0 Å². The van der Waals surface area contributed by atoms with Gasteiger partial charge in [-0.05, 0) is 48.0 Å². The van der Waals surface area contributed by atoms with Crippen LogP contribution in [0.15, 0.2) is 12.1 Å². The number of esters is 1. The molecule has 0 aliphatic heterocycles. The van der Waals surface area contributed by atoms with E-state index in [-0.39, 0.29) is 12.8 Å². The third kappa shape index (κ3) is 8.19. The minimum atomic E-state index is -1.16. The zero-order valence-corrected chi connectivity index (χ0v) is 16.9. The zero-order chi connectivity index (χ0) is 21.7.